The van der Waals surface area contributed by atoms with E-state index in [4.69, 9.17) is 0 Å². The van der Waals surface area contributed by atoms with Crippen LogP contribution in [0.5, 0.6) is 0 Å². The van der Waals surface area contributed by atoms with E-state index in [0.29, 0.717) is 5.52 Å². The maximum atomic E-state index is 13.0. The zero-order valence-electron chi connectivity index (χ0n) is 14.0. The highest BCUT2D eigenvalue weighted by Crippen LogP contribution is 2.26. The average Bonchev–Trinajstić information content (AvgIpc) is 2.99. The monoisotopic (exact) mass is 357 g/mol. The lowest BCUT2D eigenvalue weighted by Crippen LogP contribution is -2.32. The molecular weight excluding hydrogens is 338 g/mol. The molecule has 0 fully saturated rings. The number of fused-ring (bicyclic) bond motifs is 1. The number of carbonyl (C=O) groups excluding carboxylic acids is 1. The number of rotatable bonds is 4. The van der Waals surface area contributed by atoms with Crippen LogP contribution in [0.3, 0.4) is 0 Å². The van der Waals surface area contributed by atoms with Crippen LogP contribution in [-0.4, -0.2) is 25.5 Å². The Morgan fingerprint density at radius 1 is 1.08 bits per heavy atom. The quantitative estimate of drug-likeness (QED) is 0.753. The highest BCUT2D eigenvalue weighted by Gasteiger charge is 2.21. The lowest BCUT2D eigenvalue weighted by atomic mass is 10.2. The number of benzene rings is 2. The van der Waals surface area contributed by atoms with Crippen molar-refractivity contribution in [3.05, 3.63) is 65.9 Å². The third kappa shape index (κ3) is 3.23. The van der Waals surface area contributed by atoms with Gasteiger partial charge in [0.2, 0.25) is 0 Å². The van der Waals surface area contributed by atoms with Crippen molar-refractivity contribution in [2.24, 2.45) is 0 Å². The molecule has 0 saturated carbocycles. The van der Waals surface area contributed by atoms with E-state index in [1.54, 1.807) is 42.6 Å². The van der Waals surface area contributed by atoms with E-state index in [1.807, 2.05) is 19.1 Å². The van der Waals surface area contributed by atoms with Crippen LogP contribution in [0.15, 0.2) is 59.6 Å². The molecule has 0 bridgehead atoms. The molecule has 130 valence electrons. The topological polar surface area (TPSA) is 80.2 Å². The van der Waals surface area contributed by atoms with Crippen molar-refractivity contribution in [3.63, 3.8) is 0 Å². The summed E-state index contributed by atoms with van der Waals surface area (Å²) in [6.07, 6.45) is 1.57. The van der Waals surface area contributed by atoms with Crippen LogP contribution < -0.4 is 10.6 Å². The third-order valence-corrected chi connectivity index (χ3v) is 5.69. The fourth-order valence-electron chi connectivity index (χ4n) is 2.65. The summed E-state index contributed by atoms with van der Waals surface area (Å²) >= 11 is 0. The smallest absolute Gasteiger partial charge is 0.314 e. The molecule has 0 aliphatic heterocycles. The predicted octanol–water partition coefficient (Wildman–Crippen LogP) is 2.62. The minimum atomic E-state index is -3.72. The second kappa shape index (κ2) is 6.60. The number of hydrogen-bond acceptors (Lipinski definition) is 3. The maximum absolute atomic E-state index is 13.0. The van der Waals surface area contributed by atoms with E-state index in [-0.39, 0.29) is 17.5 Å². The van der Waals surface area contributed by atoms with Gasteiger partial charge in [-0.1, -0.05) is 35.9 Å². The average molecular weight is 357 g/mol. The zero-order valence-corrected chi connectivity index (χ0v) is 14.8. The van der Waals surface area contributed by atoms with Gasteiger partial charge >= 0.3 is 6.03 Å². The summed E-state index contributed by atoms with van der Waals surface area (Å²) in [5, 5.41) is 5.96. The maximum Gasteiger partial charge on any atom is 0.314 e. The first-order chi connectivity index (χ1) is 11.9. The minimum absolute atomic E-state index is 0.227. The molecule has 0 saturated heterocycles. The van der Waals surface area contributed by atoms with Gasteiger partial charge in [0.25, 0.3) is 10.0 Å². The van der Waals surface area contributed by atoms with Gasteiger partial charge in [0, 0.05) is 25.2 Å². The Kier molecular flexibility index (Phi) is 4.50. The molecule has 0 radical (unpaired) electrons. The zero-order chi connectivity index (χ0) is 18.0. The fourth-order valence-corrected chi connectivity index (χ4v) is 4.04. The van der Waals surface area contributed by atoms with E-state index >= 15 is 0 Å². The summed E-state index contributed by atoms with van der Waals surface area (Å²) in [5.74, 6) is 0. The highest BCUT2D eigenvalue weighted by molar-refractivity contribution is 7.90. The lowest BCUT2D eigenvalue weighted by Gasteiger charge is -2.07. The number of nitrogens with zero attached hydrogens (tertiary/aromatic N) is 1. The van der Waals surface area contributed by atoms with Crippen LogP contribution in [-0.2, 0) is 16.6 Å². The van der Waals surface area contributed by atoms with Gasteiger partial charge in [0.1, 0.15) is 0 Å². The molecule has 0 atom stereocenters. The van der Waals surface area contributed by atoms with Gasteiger partial charge in [-0.25, -0.2) is 17.2 Å². The van der Waals surface area contributed by atoms with Crippen LogP contribution in [0.1, 0.15) is 11.1 Å². The molecule has 6 nitrogen and oxygen atoms in total. The summed E-state index contributed by atoms with van der Waals surface area (Å²) in [7, 11) is -2.19. The Hall–Kier alpha value is -2.80. The summed E-state index contributed by atoms with van der Waals surface area (Å²) in [6, 6.07) is 13.7. The normalized spacial score (nSPS) is 11.4. The number of nitrogens with one attached hydrogen (secondary N) is 2. The van der Waals surface area contributed by atoms with E-state index in [0.717, 1.165) is 16.5 Å². The number of aromatic nitrogens is 1. The van der Waals surface area contributed by atoms with Crippen molar-refractivity contribution >= 4 is 27.0 Å². The molecule has 1 aromatic heterocycles. The minimum Gasteiger partial charge on any atom is -0.341 e. The number of carbonyl (C=O) groups is 1. The van der Waals surface area contributed by atoms with Crippen molar-refractivity contribution in [2.75, 3.05) is 7.05 Å². The van der Waals surface area contributed by atoms with E-state index in [1.165, 1.54) is 11.0 Å². The van der Waals surface area contributed by atoms with Crippen molar-refractivity contribution < 1.29 is 13.2 Å². The first-order valence-corrected chi connectivity index (χ1v) is 9.24. The summed E-state index contributed by atoms with van der Waals surface area (Å²) in [5.41, 5.74) is 2.30. The molecule has 0 unspecified atom stereocenters. The second-order valence-corrected chi connectivity index (χ2v) is 7.53. The van der Waals surface area contributed by atoms with E-state index in [2.05, 4.69) is 10.6 Å². The Morgan fingerprint density at radius 3 is 2.44 bits per heavy atom. The molecule has 25 heavy (non-hydrogen) atoms. The number of hydrogen-bond donors (Lipinski definition) is 2. The number of amides is 2. The van der Waals surface area contributed by atoms with E-state index < -0.39 is 10.0 Å². The summed E-state index contributed by atoms with van der Waals surface area (Å²) in [4.78, 5) is 11.7. The summed E-state index contributed by atoms with van der Waals surface area (Å²) < 4.78 is 27.3. The number of urea groups is 1. The van der Waals surface area contributed by atoms with Gasteiger partial charge in [-0.15, -0.1) is 0 Å². The van der Waals surface area contributed by atoms with Gasteiger partial charge in [0.05, 0.1) is 10.4 Å². The van der Waals surface area contributed by atoms with Crippen LogP contribution in [0.25, 0.3) is 10.9 Å². The van der Waals surface area contributed by atoms with Crippen molar-refractivity contribution in [2.45, 2.75) is 18.4 Å². The SMILES string of the molecule is CNC(=O)NCc1cn(S(=O)(=O)c2ccc(C)cc2)c2ccccc12. The second-order valence-electron chi connectivity index (χ2n) is 5.72. The Morgan fingerprint density at radius 2 is 1.76 bits per heavy atom. The number of para-hydroxylation sites is 1. The van der Waals surface area contributed by atoms with E-state index in [9.17, 15) is 13.2 Å². The van der Waals surface area contributed by atoms with Crippen molar-refractivity contribution in [1.29, 1.82) is 0 Å². The highest BCUT2D eigenvalue weighted by atomic mass is 32.2. The molecule has 3 aromatic rings. The van der Waals surface area contributed by atoms with Crippen LogP contribution >= 0.6 is 0 Å². The first-order valence-electron chi connectivity index (χ1n) is 7.80. The molecule has 0 aliphatic carbocycles. The Bertz CT molecular complexity index is 1020. The fraction of sp³-hybridized carbons (Fsp3) is 0.167. The third-order valence-electron chi connectivity index (χ3n) is 4.00. The van der Waals surface area contributed by atoms with Crippen molar-refractivity contribution in [3.8, 4) is 0 Å². The van der Waals surface area contributed by atoms with Gasteiger partial charge in [0.15, 0.2) is 0 Å². The largest absolute Gasteiger partial charge is 0.341 e. The molecule has 0 aliphatic rings. The lowest BCUT2D eigenvalue weighted by molar-refractivity contribution is 0.242. The standard InChI is InChI=1S/C18H19N3O3S/c1-13-7-9-15(10-8-13)25(23,24)21-12-14(11-20-18(22)19-2)16-5-3-4-6-17(16)21/h3-10,12H,11H2,1-2H3,(H2,19,20,22). The van der Waals surface area contributed by atoms with Gasteiger partial charge < -0.3 is 10.6 Å². The van der Waals surface area contributed by atoms with Gasteiger partial charge in [-0.05, 0) is 30.7 Å². The van der Waals surface area contributed by atoms with Crippen LogP contribution in [0.2, 0.25) is 0 Å². The van der Waals surface area contributed by atoms with Crippen LogP contribution in [0.4, 0.5) is 4.79 Å². The Labute approximate surface area is 146 Å². The Balaban J connectivity index is 2.10. The molecule has 7 heteroatoms. The number of aryl methyl sites for hydroxylation is 1. The molecule has 1 heterocycles. The molecular formula is C18H19N3O3S. The molecule has 2 amide bonds. The molecule has 3 rings (SSSR count). The van der Waals surface area contributed by atoms with Gasteiger partial charge in [-0.2, -0.15) is 0 Å². The van der Waals surface area contributed by atoms with Crippen molar-refractivity contribution in [1.82, 2.24) is 14.6 Å². The predicted molar refractivity (Wildman–Crippen MR) is 97.0 cm³/mol. The first kappa shape index (κ1) is 17.0. The van der Waals surface area contributed by atoms with Gasteiger partial charge in [-0.3, -0.25) is 0 Å². The molecule has 0 spiro atoms. The molecule has 2 aromatic carbocycles. The van der Waals surface area contributed by atoms with Crippen LogP contribution in [0, 0.1) is 6.92 Å². The summed E-state index contributed by atoms with van der Waals surface area (Å²) in [6.45, 7) is 2.14. The molecule has 2 N–H and O–H groups in total.